The number of carbonyl (C=O) groups excluding carboxylic acids is 5. The van der Waals surface area contributed by atoms with E-state index in [2.05, 4.69) is 36.1 Å². The smallest absolute Gasteiger partial charge is 0.243 e. The van der Waals surface area contributed by atoms with Crippen molar-refractivity contribution in [3.8, 4) is 22.6 Å². The van der Waals surface area contributed by atoms with Crippen LogP contribution in [0.15, 0.2) is 102 Å². The number of fused-ring (bicyclic) bond motifs is 1. The molecule has 12 N–H and O–H groups in total. The van der Waals surface area contributed by atoms with E-state index in [1.165, 1.54) is 0 Å². The van der Waals surface area contributed by atoms with E-state index >= 15 is 4.79 Å². The first-order valence-electron chi connectivity index (χ1n) is 24.8. The van der Waals surface area contributed by atoms with Gasteiger partial charge in [-0.1, -0.05) is 73.9 Å². The molecule has 382 valence electrons. The average molecular weight is 985 g/mol. The minimum atomic E-state index is -1.25. The number of phenols is 1. The number of morpholine rings is 1. The number of hydrogen-bond acceptors (Lipinski definition) is 10. The third-order valence-electron chi connectivity index (χ3n) is 13.8. The van der Waals surface area contributed by atoms with Crippen molar-refractivity contribution in [2.45, 2.75) is 82.8 Å². The molecule has 7 rings (SSSR count). The Labute approximate surface area is 419 Å². The minimum Gasteiger partial charge on any atom is -0.508 e. The van der Waals surface area contributed by atoms with Crippen LogP contribution in [-0.4, -0.2) is 109 Å². The van der Waals surface area contributed by atoms with Gasteiger partial charge >= 0.3 is 0 Å². The summed E-state index contributed by atoms with van der Waals surface area (Å²) >= 11 is 0. The number of phenolic OH excluding ortho intramolecular Hbond substituents is 1. The quantitative estimate of drug-likeness (QED) is 0.0252. The SMILES string of the molecule is COc1ccccc1-c1ccc(C[C@H](NC(=O)[C@@H](Cc2c[nH]c3ccc(O)cc23)C2(C(N)=O)CCCCC2)C(=O)N[C@@H](CCCCN=C(N)N)C(=O)NCC(=O)Nc2ccc(CN3CCOCC3)cc2)cc1. The van der Waals surface area contributed by atoms with E-state index in [4.69, 9.17) is 26.7 Å². The maximum absolute atomic E-state index is 15.1. The highest BCUT2D eigenvalue weighted by Gasteiger charge is 2.49. The van der Waals surface area contributed by atoms with Gasteiger partial charge in [-0.15, -0.1) is 0 Å². The zero-order valence-electron chi connectivity index (χ0n) is 40.9. The Morgan fingerprint density at radius 3 is 2.24 bits per heavy atom. The number of primary amides is 1. The van der Waals surface area contributed by atoms with Gasteiger partial charge in [0.05, 0.1) is 38.2 Å². The van der Waals surface area contributed by atoms with Crippen molar-refractivity contribution in [2.24, 2.45) is 33.5 Å². The summed E-state index contributed by atoms with van der Waals surface area (Å²) in [5.74, 6) is -3.23. The van der Waals surface area contributed by atoms with E-state index in [0.717, 1.165) is 48.3 Å². The van der Waals surface area contributed by atoms with E-state index in [1.807, 2.05) is 72.8 Å². The molecular formula is C54H68N10O8. The number of nitrogens with zero attached hydrogens (tertiary/aromatic N) is 2. The van der Waals surface area contributed by atoms with Crippen LogP contribution < -0.4 is 43.2 Å². The fourth-order valence-electron chi connectivity index (χ4n) is 9.88. The lowest BCUT2D eigenvalue weighted by atomic mass is 9.63. The zero-order chi connectivity index (χ0) is 51.0. The maximum Gasteiger partial charge on any atom is 0.243 e. The van der Waals surface area contributed by atoms with Crippen molar-refractivity contribution in [3.63, 3.8) is 0 Å². The number of methoxy groups -OCH3 is 1. The number of unbranched alkanes of at least 4 members (excludes halogenated alkanes) is 1. The first kappa shape index (κ1) is 52.4. The van der Waals surface area contributed by atoms with E-state index in [-0.39, 0.29) is 37.5 Å². The molecule has 1 aliphatic heterocycles. The minimum absolute atomic E-state index is 0.00744. The number of nitrogens with two attached hydrogens (primary N) is 3. The molecule has 5 aromatic rings. The van der Waals surface area contributed by atoms with Gasteiger partial charge in [0.1, 0.15) is 23.6 Å². The monoisotopic (exact) mass is 985 g/mol. The fourth-order valence-corrected chi connectivity index (χ4v) is 9.88. The molecule has 72 heavy (non-hydrogen) atoms. The molecule has 1 aromatic heterocycles. The molecule has 2 fully saturated rings. The van der Waals surface area contributed by atoms with Crippen molar-refractivity contribution in [1.29, 1.82) is 0 Å². The predicted molar refractivity (Wildman–Crippen MR) is 277 cm³/mol. The normalized spacial score (nSPS) is 15.8. The van der Waals surface area contributed by atoms with Gasteiger partial charge in [0.15, 0.2) is 5.96 Å². The van der Waals surface area contributed by atoms with Gasteiger partial charge in [0, 0.05) is 61.0 Å². The van der Waals surface area contributed by atoms with E-state index in [0.29, 0.717) is 86.2 Å². The number of benzene rings is 4. The van der Waals surface area contributed by atoms with E-state index in [9.17, 15) is 24.3 Å². The standard InChI is InChI=1S/C54H68N10O8/c1-71-47-11-4-3-9-41(47)37-16-12-35(13-17-37)29-46(63-49(67)43(54(52(55)70)22-6-2-7-23-54)30-38-32-59-44-21-20-40(65)31-42(38)44)51(69)62-45(10-5-8-24-58-53(56)57)50(68)60-33-48(66)61-39-18-14-36(15-19-39)34-64-25-27-72-28-26-64/h3-4,9,11-21,31-32,43,45-46,59,65H,2,5-8,10,22-30,33-34H2,1H3,(H2,55,70)(H,60,68)(H,61,66)(H,62,69)(H,63,67)(H4,56,57,58)/t43-,45+,46+/m1/s1. The topological polar surface area (TPSA) is 282 Å². The van der Waals surface area contributed by atoms with Crippen molar-refractivity contribution in [2.75, 3.05) is 51.8 Å². The lowest BCUT2D eigenvalue weighted by Gasteiger charge is -2.40. The molecule has 0 bridgehead atoms. The average Bonchev–Trinajstić information content (AvgIpc) is 3.78. The maximum atomic E-state index is 15.1. The Morgan fingerprint density at radius 1 is 0.819 bits per heavy atom. The summed E-state index contributed by atoms with van der Waals surface area (Å²) in [6, 6.07) is 25.2. The molecule has 2 aliphatic rings. The molecule has 5 amide bonds. The van der Waals surface area contributed by atoms with Crippen LogP contribution in [0.1, 0.15) is 68.1 Å². The molecule has 1 saturated carbocycles. The number of aromatic amines is 1. The molecule has 0 spiro atoms. The first-order valence-corrected chi connectivity index (χ1v) is 24.8. The van der Waals surface area contributed by atoms with Gasteiger partial charge in [-0.25, -0.2) is 0 Å². The lowest BCUT2D eigenvalue weighted by Crippen LogP contribution is -2.58. The highest BCUT2D eigenvalue weighted by molar-refractivity contribution is 5.98. The number of aromatic nitrogens is 1. The molecule has 1 saturated heterocycles. The number of H-pyrrole nitrogens is 1. The Hall–Kier alpha value is -7.44. The summed E-state index contributed by atoms with van der Waals surface area (Å²) in [4.78, 5) is 80.4. The highest BCUT2D eigenvalue weighted by Crippen LogP contribution is 2.45. The summed E-state index contributed by atoms with van der Waals surface area (Å²) in [5, 5.41) is 22.6. The molecular weight excluding hydrogens is 917 g/mol. The lowest BCUT2D eigenvalue weighted by molar-refractivity contribution is -0.144. The third-order valence-corrected chi connectivity index (χ3v) is 13.8. The number of rotatable bonds is 23. The fraction of sp³-hybridized carbons (Fsp3) is 0.407. The number of aliphatic imine (C=N–C) groups is 1. The number of anilines is 1. The zero-order valence-corrected chi connectivity index (χ0v) is 40.9. The number of hydrogen-bond donors (Lipinski definition) is 9. The van der Waals surface area contributed by atoms with Crippen LogP contribution in [-0.2, 0) is 48.1 Å². The first-order chi connectivity index (χ1) is 34.8. The molecule has 18 nitrogen and oxygen atoms in total. The Kier molecular flexibility index (Phi) is 18.3. The van der Waals surface area contributed by atoms with Gasteiger partial charge in [-0.3, -0.25) is 33.9 Å². The van der Waals surface area contributed by atoms with Crippen LogP contribution in [0.4, 0.5) is 5.69 Å². The van der Waals surface area contributed by atoms with Crippen LogP contribution in [0, 0.1) is 11.3 Å². The molecule has 0 radical (unpaired) electrons. The molecule has 18 heteroatoms. The molecule has 0 unspecified atom stereocenters. The summed E-state index contributed by atoms with van der Waals surface area (Å²) < 4.78 is 11.1. The van der Waals surface area contributed by atoms with Crippen molar-refractivity contribution < 1.29 is 38.6 Å². The molecule has 3 atom stereocenters. The predicted octanol–water partition coefficient (Wildman–Crippen LogP) is 4.39. The van der Waals surface area contributed by atoms with Crippen LogP contribution in [0.25, 0.3) is 22.0 Å². The Morgan fingerprint density at radius 2 is 1.53 bits per heavy atom. The summed E-state index contributed by atoms with van der Waals surface area (Å²) in [7, 11) is 1.60. The summed E-state index contributed by atoms with van der Waals surface area (Å²) in [5.41, 5.74) is 21.7. The van der Waals surface area contributed by atoms with Crippen molar-refractivity contribution in [1.82, 2.24) is 25.8 Å². The van der Waals surface area contributed by atoms with Crippen LogP contribution in [0.2, 0.25) is 0 Å². The van der Waals surface area contributed by atoms with Crippen molar-refractivity contribution >= 4 is 52.1 Å². The van der Waals surface area contributed by atoms with E-state index < -0.39 is 53.0 Å². The van der Waals surface area contributed by atoms with E-state index in [1.54, 1.807) is 31.5 Å². The van der Waals surface area contributed by atoms with Crippen LogP contribution in [0.3, 0.4) is 0 Å². The number of para-hydroxylation sites is 1. The van der Waals surface area contributed by atoms with Crippen LogP contribution in [0.5, 0.6) is 11.5 Å². The molecule has 1 aliphatic carbocycles. The highest BCUT2D eigenvalue weighted by atomic mass is 16.5. The number of guanidine groups is 1. The van der Waals surface area contributed by atoms with Crippen molar-refractivity contribution in [3.05, 3.63) is 114 Å². The van der Waals surface area contributed by atoms with Gasteiger partial charge in [-0.2, -0.15) is 0 Å². The molecule has 2 heterocycles. The Balaban J connectivity index is 1.13. The second-order valence-corrected chi connectivity index (χ2v) is 18.8. The van der Waals surface area contributed by atoms with Gasteiger partial charge in [0.2, 0.25) is 29.5 Å². The summed E-state index contributed by atoms with van der Waals surface area (Å²) in [6.07, 6.45) is 5.91. The number of ether oxygens (including phenoxy) is 2. The van der Waals surface area contributed by atoms with Crippen LogP contribution >= 0.6 is 0 Å². The largest absolute Gasteiger partial charge is 0.508 e. The number of amides is 5. The number of carbonyl (C=O) groups is 5. The second-order valence-electron chi connectivity index (χ2n) is 18.8. The molecule has 4 aromatic carbocycles. The summed E-state index contributed by atoms with van der Waals surface area (Å²) in [6.45, 7) is 3.77. The van der Waals surface area contributed by atoms with Gasteiger partial charge < -0.3 is 58.0 Å². The number of nitrogens with one attached hydrogen (secondary N) is 5. The van der Waals surface area contributed by atoms with Gasteiger partial charge in [0.25, 0.3) is 0 Å². The van der Waals surface area contributed by atoms with Gasteiger partial charge in [-0.05, 0) is 97.2 Å². The second kappa shape index (κ2) is 25.1. The number of aromatic hydroxyl groups is 1. The Bertz CT molecular complexity index is 2670. The third kappa shape index (κ3) is 13.9.